The summed E-state index contributed by atoms with van der Waals surface area (Å²) in [6.45, 7) is 1.29. The van der Waals surface area contributed by atoms with Crippen LogP contribution in [0.2, 0.25) is 0 Å². The largest absolute Gasteiger partial charge is 0.573 e. The number of ether oxygens (including phenoxy) is 1. The molecule has 0 radical (unpaired) electrons. The highest BCUT2D eigenvalue weighted by Gasteiger charge is 2.34. The first kappa shape index (κ1) is 23.0. The molecule has 33 heavy (non-hydrogen) atoms. The maximum Gasteiger partial charge on any atom is 0.573 e. The summed E-state index contributed by atoms with van der Waals surface area (Å²) in [7, 11) is 0. The van der Waals surface area contributed by atoms with Crippen molar-refractivity contribution < 1.29 is 32.2 Å². The van der Waals surface area contributed by atoms with Crippen LogP contribution >= 0.6 is 0 Å². The Labute approximate surface area is 187 Å². The zero-order valence-corrected chi connectivity index (χ0v) is 17.6. The fraction of sp³-hybridized carbons (Fsp3) is 0.391. The van der Waals surface area contributed by atoms with E-state index in [4.69, 9.17) is 0 Å². The van der Waals surface area contributed by atoms with E-state index in [9.17, 15) is 27.5 Å². The van der Waals surface area contributed by atoms with Gasteiger partial charge in [0.1, 0.15) is 17.4 Å². The number of aromatic amines is 1. The lowest BCUT2D eigenvalue weighted by Crippen LogP contribution is -2.41. The van der Waals surface area contributed by atoms with Crippen LogP contribution in [0.1, 0.15) is 24.2 Å². The first-order valence-electron chi connectivity index (χ1n) is 10.6. The molecule has 2 N–H and O–H groups in total. The number of rotatable bonds is 7. The van der Waals surface area contributed by atoms with Gasteiger partial charge in [-0.3, -0.25) is 9.69 Å². The normalized spacial score (nSPS) is 19.6. The predicted molar refractivity (Wildman–Crippen MR) is 112 cm³/mol. The van der Waals surface area contributed by atoms with Gasteiger partial charge < -0.3 is 14.8 Å². The van der Waals surface area contributed by atoms with Crippen molar-refractivity contribution in [1.29, 1.82) is 0 Å². The number of alkyl halides is 3. The summed E-state index contributed by atoms with van der Waals surface area (Å²) in [5, 5.41) is 9.34. The molecule has 1 aliphatic rings. The monoisotopic (exact) mass is 465 g/mol. The van der Waals surface area contributed by atoms with Crippen LogP contribution in [-0.2, 0) is 17.8 Å². The van der Waals surface area contributed by atoms with Gasteiger partial charge in [-0.1, -0.05) is 18.2 Å². The van der Waals surface area contributed by atoms with Crippen molar-refractivity contribution in [3.05, 3.63) is 59.7 Å². The third kappa shape index (κ3) is 6.01. The van der Waals surface area contributed by atoms with Gasteiger partial charge >= 0.3 is 12.3 Å². The van der Waals surface area contributed by atoms with Crippen molar-refractivity contribution in [1.82, 2.24) is 14.9 Å². The number of para-hydroxylation sites is 1. The Balaban J connectivity index is 1.51. The maximum atomic E-state index is 13.5. The summed E-state index contributed by atoms with van der Waals surface area (Å²) in [5.41, 5.74) is 1.59. The number of nitrogens with zero attached hydrogens (tertiary/aromatic N) is 2. The van der Waals surface area contributed by atoms with Crippen LogP contribution in [0.25, 0.3) is 11.0 Å². The number of likely N-dealkylation sites (tertiary alicyclic amines) is 1. The Hall–Kier alpha value is -3.14. The van der Waals surface area contributed by atoms with Crippen molar-refractivity contribution in [3.63, 3.8) is 0 Å². The van der Waals surface area contributed by atoms with E-state index < -0.39 is 12.3 Å². The zero-order valence-electron chi connectivity index (χ0n) is 17.6. The number of H-pyrrole nitrogens is 1. The fourth-order valence-corrected chi connectivity index (χ4v) is 4.50. The van der Waals surface area contributed by atoms with Crippen molar-refractivity contribution in [2.24, 2.45) is 11.8 Å². The topological polar surface area (TPSA) is 78.4 Å². The molecule has 176 valence electrons. The number of benzene rings is 2. The third-order valence-corrected chi connectivity index (χ3v) is 5.95. The van der Waals surface area contributed by atoms with E-state index in [1.807, 2.05) is 4.90 Å². The maximum absolute atomic E-state index is 13.5. The summed E-state index contributed by atoms with van der Waals surface area (Å²) in [6, 6.07) is 10.3. The number of hydrogen-bond acceptors (Lipinski definition) is 4. The average molecular weight is 465 g/mol. The number of carboxylic acids is 1. The summed E-state index contributed by atoms with van der Waals surface area (Å²) in [6.07, 6.45) is -3.74. The molecule has 1 aromatic heterocycles. The smallest absolute Gasteiger partial charge is 0.481 e. The fourth-order valence-electron chi connectivity index (χ4n) is 4.50. The second-order valence-corrected chi connectivity index (χ2v) is 8.35. The summed E-state index contributed by atoms with van der Waals surface area (Å²) in [4.78, 5) is 21.0. The minimum Gasteiger partial charge on any atom is -0.481 e. The first-order valence-corrected chi connectivity index (χ1v) is 10.6. The van der Waals surface area contributed by atoms with Crippen molar-refractivity contribution in [2.45, 2.75) is 32.2 Å². The van der Waals surface area contributed by atoms with E-state index in [0.717, 1.165) is 0 Å². The molecule has 1 saturated heterocycles. The minimum atomic E-state index is -4.78. The molecule has 0 bridgehead atoms. The third-order valence-electron chi connectivity index (χ3n) is 5.95. The van der Waals surface area contributed by atoms with Crippen LogP contribution < -0.4 is 4.74 Å². The Morgan fingerprint density at radius 1 is 1.21 bits per heavy atom. The number of carbonyl (C=O) groups is 1. The van der Waals surface area contributed by atoms with Gasteiger partial charge in [-0.25, -0.2) is 9.37 Å². The number of halogens is 4. The number of aromatic nitrogens is 2. The molecule has 6 nitrogen and oxygen atoms in total. The molecule has 10 heteroatoms. The number of imidazole rings is 1. The quantitative estimate of drug-likeness (QED) is 0.492. The van der Waals surface area contributed by atoms with Gasteiger partial charge in [0, 0.05) is 31.5 Å². The second-order valence-electron chi connectivity index (χ2n) is 8.35. The van der Waals surface area contributed by atoms with E-state index in [1.54, 1.807) is 18.2 Å². The van der Waals surface area contributed by atoms with E-state index in [1.165, 1.54) is 24.3 Å². The standard InChI is InChI=1S/C23H23F4N3O3/c24-17-5-6-18-19(11-17)29-21(28-18)9-16-13-30(8-7-14(16)10-22(31)32)12-15-3-1-2-4-20(15)33-23(25,26)27/h1-6,11,14,16H,7-10,12-13H2,(H,28,29)(H,31,32). The lowest BCUT2D eigenvalue weighted by atomic mass is 9.81. The predicted octanol–water partition coefficient (Wildman–Crippen LogP) is 4.76. The molecule has 1 fully saturated rings. The van der Waals surface area contributed by atoms with Crippen LogP contribution in [0.5, 0.6) is 5.75 Å². The highest BCUT2D eigenvalue weighted by atomic mass is 19.4. The minimum absolute atomic E-state index is 0.00113. The zero-order chi connectivity index (χ0) is 23.6. The summed E-state index contributed by atoms with van der Waals surface area (Å²) >= 11 is 0. The van der Waals surface area contributed by atoms with Gasteiger partial charge in [0.05, 0.1) is 11.0 Å². The summed E-state index contributed by atoms with van der Waals surface area (Å²) in [5.74, 6) is -1.09. The number of piperidine rings is 1. The Kier molecular flexibility index (Phi) is 6.55. The van der Waals surface area contributed by atoms with Gasteiger partial charge in [-0.15, -0.1) is 13.2 Å². The Morgan fingerprint density at radius 3 is 2.76 bits per heavy atom. The van der Waals surface area contributed by atoms with Gasteiger partial charge in [0.15, 0.2) is 0 Å². The molecule has 3 aromatic rings. The molecule has 0 aliphatic carbocycles. The van der Waals surface area contributed by atoms with E-state index >= 15 is 0 Å². The number of fused-ring (bicyclic) bond motifs is 1. The number of nitrogens with one attached hydrogen (secondary N) is 1. The summed E-state index contributed by atoms with van der Waals surface area (Å²) < 4.78 is 56.0. The number of aliphatic carboxylic acids is 1. The molecule has 0 saturated carbocycles. The molecule has 2 unspecified atom stereocenters. The Bertz CT molecular complexity index is 1130. The van der Waals surface area contributed by atoms with Gasteiger partial charge in [0.2, 0.25) is 0 Å². The molecular formula is C23H23F4N3O3. The van der Waals surface area contributed by atoms with Crippen LogP contribution in [0, 0.1) is 17.7 Å². The molecule has 1 aliphatic heterocycles. The Morgan fingerprint density at radius 2 is 2.00 bits per heavy atom. The van der Waals surface area contributed by atoms with Gasteiger partial charge in [-0.05, 0) is 49.1 Å². The van der Waals surface area contributed by atoms with Crippen molar-refractivity contribution in [3.8, 4) is 5.75 Å². The van der Waals surface area contributed by atoms with E-state index in [0.29, 0.717) is 48.4 Å². The van der Waals surface area contributed by atoms with Crippen molar-refractivity contribution in [2.75, 3.05) is 13.1 Å². The highest BCUT2D eigenvalue weighted by Crippen LogP contribution is 2.32. The van der Waals surface area contributed by atoms with E-state index in [-0.39, 0.29) is 36.4 Å². The van der Waals surface area contributed by atoms with E-state index in [2.05, 4.69) is 14.7 Å². The molecule has 0 amide bonds. The van der Waals surface area contributed by atoms with Crippen LogP contribution in [-0.4, -0.2) is 45.4 Å². The first-order chi connectivity index (χ1) is 15.7. The molecule has 2 atom stereocenters. The van der Waals surface area contributed by atoms with Crippen molar-refractivity contribution >= 4 is 17.0 Å². The van der Waals surface area contributed by atoms with Gasteiger partial charge in [0.25, 0.3) is 0 Å². The number of carboxylic acid groups (broad SMARTS) is 1. The van der Waals surface area contributed by atoms with Gasteiger partial charge in [-0.2, -0.15) is 0 Å². The SMILES string of the molecule is O=C(O)CC1CCN(Cc2ccccc2OC(F)(F)F)CC1Cc1nc2ccc(F)cc2[nH]1. The molecule has 2 heterocycles. The lowest BCUT2D eigenvalue weighted by molar-refractivity contribution is -0.275. The van der Waals surface area contributed by atoms with Crippen LogP contribution in [0.15, 0.2) is 42.5 Å². The molecule has 0 spiro atoms. The number of hydrogen-bond donors (Lipinski definition) is 2. The molecular weight excluding hydrogens is 442 g/mol. The molecule has 2 aromatic carbocycles. The average Bonchev–Trinajstić information content (AvgIpc) is 3.11. The van der Waals surface area contributed by atoms with Crippen LogP contribution in [0.3, 0.4) is 0 Å². The lowest BCUT2D eigenvalue weighted by Gasteiger charge is -2.38. The molecule has 4 rings (SSSR count). The second kappa shape index (κ2) is 9.38. The van der Waals surface area contributed by atoms with Crippen LogP contribution in [0.4, 0.5) is 17.6 Å². The highest BCUT2D eigenvalue weighted by molar-refractivity contribution is 5.74.